The highest BCUT2D eigenvalue weighted by atomic mass is 32.2. The van der Waals surface area contributed by atoms with E-state index >= 15 is 0 Å². The van der Waals surface area contributed by atoms with Crippen molar-refractivity contribution in [2.75, 3.05) is 29.9 Å². The summed E-state index contributed by atoms with van der Waals surface area (Å²) in [4.78, 5) is 11.5. The Labute approximate surface area is 111 Å². The van der Waals surface area contributed by atoms with E-state index < -0.39 is 0 Å². The minimum atomic E-state index is -0.177. The second kappa shape index (κ2) is 6.58. The molecule has 1 aliphatic rings. The number of hydrogen-bond donors (Lipinski definition) is 2. The molecule has 6 heteroatoms. The Morgan fingerprint density at radius 3 is 3.00 bits per heavy atom. The molecule has 0 aromatic carbocycles. The highest BCUT2D eigenvalue weighted by molar-refractivity contribution is 7.99. The summed E-state index contributed by atoms with van der Waals surface area (Å²) in [6, 6.07) is 3.50. The van der Waals surface area contributed by atoms with Gasteiger partial charge in [0, 0.05) is 13.1 Å². The fraction of sp³-hybridized carbons (Fsp3) is 0.583. The van der Waals surface area contributed by atoms with Crippen molar-refractivity contribution in [1.29, 1.82) is 0 Å². The maximum atomic E-state index is 11.5. The lowest BCUT2D eigenvalue weighted by Gasteiger charge is -2.10. The Morgan fingerprint density at radius 2 is 2.39 bits per heavy atom. The van der Waals surface area contributed by atoms with Crippen LogP contribution in [0.5, 0.6) is 0 Å². The fourth-order valence-electron chi connectivity index (χ4n) is 1.79. The molecule has 1 saturated heterocycles. The van der Waals surface area contributed by atoms with Crippen LogP contribution in [0.2, 0.25) is 0 Å². The summed E-state index contributed by atoms with van der Waals surface area (Å²) in [5.41, 5.74) is 0.360. The maximum absolute atomic E-state index is 11.5. The van der Waals surface area contributed by atoms with Crippen molar-refractivity contribution in [1.82, 2.24) is 15.5 Å². The lowest BCUT2D eigenvalue weighted by molar-refractivity contribution is 0.0950. The van der Waals surface area contributed by atoms with Crippen molar-refractivity contribution < 1.29 is 4.79 Å². The third-order valence-electron chi connectivity index (χ3n) is 2.83. The molecule has 0 saturated carbocycles. The van der Waals surface area contributed by atoms with Crippen LogP contribution >= 0.6 is 11.8 Å². The number of nitrogens with one attached hydrogen (secondary N) is 2. The van der Waals surface area contributed by atoms with Crippen molar-refractivity contribution in [3.8, 4) is 0 Å². The predicted octanol–water partition coefficient (Wildman–Crippen LogP) is 1.39. The zero-order chi connectivity index (χ0) is 12.8. The molecule has 1 aromatic rings. The third kappa shape index (κ3) is 3.60. The van der Waals surface area contributed by atoms with Crippen LogP contribution in [-0.2, 0) is 0 Å². The molecule has 2 rings (SSSR count). The van der Waals surface area contributed by atoms with Crippen LogP contribution in [0, 0.1) is 5.92 Å². The van der Waals surface area contributed by atoms with Crippen LogP contribution < -0.4 is 10.6 Å². The van der Waals surface area contributed by atoms with E-state index in [0.717, 1.165) is 18.3 Å². The van der Waals surface area contributed by atoms with Crippen molar-refractivity contribution in [3.63, 3.8) is 0 Å². The van der Waals surface area contributed by atoms with E-state index in [1.807, 2.05) is 18.7 Å². The number of rotatable bonds is 5. The molecule has 2 N–H and O–H groups in total. The normalized spacial score (nSPS) is 18.6. The van der Waals surface area contributed by atoms with Gasteiger partial charge in [0.15, 0.2) is 5.69 Å². The maximum Gasteiger partial charge on any atom is 0.271 e. The summed E-state index contributed by atoms with van der Waals surface area (Å²) in [6.07, 6.45) is 1.27. The third-order valence-corrected chi connectivity index (χ3v) is 4.06. The molecule has 5 nitrogen and oxygen atoms in total. The molecule has 1 amide bonds. The summed E-state index contributed by atoms with van der Waals surface area (Å²) in [7, 11) is 0. The highest BCUT2D eigenvalue weighted by Crippen LogP contribution is 2.23. The minimum Gasteiger partial charge on any atom is -0.368 e. The van der Waals surface area contributed by atoms with E-state index in [-0.39, 0.29) is 5.91 Å². The van der Waals surface area contributed by atoms with Crippen LogP contribution in [0.15, 0.2) is 12.1 Å². The Balaban J connectivity index is 1.85. The molecular weight excluding hydrogens is 248 g/mol. The van der Waals surface area contributed by atoms with Gasteiger partial charge in [-0.15, -0.1) is 10.2 Å². The smallest absolute Gasteiger partial charge is 0.271 e. The second-order valence-electron chi connectivity index (χ2n) is 4.27. The van der Waals surface area contributed by atoms with Crippen molar-refractivity contribution in [3.05, 3.63) is 17.8 Å². The molecule has 98 valence electrons. The first kappa shape index (κ1) is 13.1. The van der Waals surface area contributed by atoms with Gasteiger partial charge in [-0.2, -0.15) is 11.8 Å². The summed E-state index contributed by atoms with van der Waals surface area (Å²) >= 11 is 2.00. The largest absolute Gasteiger partial charge is 0.368 e. The Morgan fingerprint density at radius 1 is 1.50 bits per heavy atom. The van der Waals surface area contributed by atoms with Gasteiger partial charge in [0.2, 0.25) is 0 Å². The SMILES string of the molecule is CCNC(=O)c1ccc(NCC2CCSC2)nn1. The Bertz CT molecular complexity index is 390. The summed E-state index contributed by atoms with van der Waals surface area (Å²) in [5, 5.41) is 13.9. The molecule has 18 heavy (non-hydrogen) atoms. The van der Waals surface area contributed by atoms with Gasteiger partial charge in [-0.3, -0.25) is 4.79 Å². The van der Waals surface area contributed by atoms with Gasteiger partial charge in [0.25, 0.3) is 5.91 Å². The highest BCUT2D eigenvalue weighted by Gasteiger charge is 2.15. The van der Waals surface area contributed by atoms with Gasteiger partial charge in [-0.1, -0.05) is 0 Å². The molecule has 1 aliphatic heterocycles. The molecule has 0 radical (unpaired) electrons. The predicted molar refractivity (Wildman–Crippen MR) is 74.0 cm³/mol. The fourth-order valence-corrected chi connectivity index (χ4v) is 3.08. The number of nitrogens with zero attached hydrogens (tertiary/aromatic N) is 2. The first-order chi connectivity index (χ1) is 8.79. The van der Waals surface area contributed by atoms with Crippen molar-refractivity contribution in [2.45, 2.75) is 13.3 Å². The molecule has 1 atom stereocenters. The van der Waals surface area contributed by atoms with E-state index in [0.29, 0.717) is 12.2 Å². The number of thioether (sulfide) groups is 1. The quantitative estimate of drug-likeness (QED) is 0.843. The molecule has 0 spiro atoms. The lowest BCUT2D eigenvalue weighted by Crippen LogP contribution is -2.24. The van der Waals surface area contributed by atoms with Crippen molar-refractivity contribution in [2.24, 2.45) is 5.92 Å². The standard InChI is InChI=1S/C12H18N4OS/c1-2-13-12(17)10-3-4-11(16-15-10)14-7-9-5-6-18-8-9/h3-4,9H,2,5-8H2,1H3,(H,13,17)(H,14,16). The van der Waals surface area contributed by atoms with Gasteiger partial charge in [-0.05, 0) is 42.9 Å². The van der Waals surface area contributed by atoms with Crippen LogP contribution in [-0.4, -0.2) is 40.7 Å². The minimum absolute atomic E-state index is 0.177. The first-order valence-corrected chi connectivity index (χ1v) is 7.38. The number of aromatic nitrogens is 2. The number of amides is 1. The van der Waals surface area contributed by atoms with Crippen LogP contribution in [0.4, 0.5) is 5.82 Å². The van der Waals surface area contributed by atoms with Gasteiger partial charge >= 0.3 is 0 Å². The number of carbonyl (C=O) groups is 1. The number of anilines is 1. The van der Waals surface area contributed by atoms with E-state index in [4.69, 9.17) is 0 Å². The monoisotopic (exact) mass is 266 g/mol. The van der Waals surface area contributed by atoms with E-state index in [9.17, 15) is 4.79 Å². The zero-order valence-electron chi connectivity index (χ0n) is 10.5. The molecule has 2 heterocycles. The molecule has 1 unspecified atom stereocenters. The van der Waals surface area contributed by atoms with Gasteiger partial charge in [0.1, 0.15) is 5.82 Å². The van der Waals surface area contributed by atoms with Gasteiger partial charge in [0.05, 0.1) is 0 Å². The van der Waals surface area contributed by atoms with E-state index in [1.54, 1.807) is 12.1 Å². The molecule has 1 fully saturated rings. The molecule has 0 bridgehead atoms. The van der Waals surface area contributed by atoms with Crippen molar-refractivity contribution >= 4 is 23.5 Å². The summed E-state index contributed by atoms with van der Waals surface area (Å²) in [5.74, 6) is 3.76. The van der Waals surface area contributed by atoms with Gasteiger partial charge < -0.3 is 10.6 Å². The topological polar surface area (TPSA) is 66.9 Å². The average Bonchev–Trinajstić information content (AvgIpc) is 2.90. The summed E-state index contributed by atoms with van der Waals surface area (Å²) < 4.78 is 0. The number of carbonyl (C=O) groups excluding carboxylic acids is 1. The van der Waals surface area contributed by atoms with E-state index in [2.05, 4.69) is 20.8 Å². The second-order valence-corrected chi connectivity index (χ2v) is 5.42. The Hall–Kier alpha value is -1.30. The molecule has 0 aliphatic carbocycles. The van der Waals surface area contributed by atoms with Crippen LogP contribution in [0.1, 0.15) is 23.8 Å². The lowest BCUT2D eigenvalue weighted by atomic mass is 10.1. The number of hydrogen-bond acceptors (Lipinski definition) is 5. The van der Waals surface area contributed by atoms with Gasteiger partial charge in [-0.25, -0.2) is 0 Å². The Kier molecular flexibility index (Phi) is 4.81. The van der Waals surface area contributed by atoms with E-state index in [1.165, 1.54) is 17.9 Å². The molecule has 1 aromatic heterocycles. The average molecular weight is 266 g/mol. The van der Waals surface area contributed by atoms with Crippen LogP contribution in [0.25, 0.3) is 0 Å². The first-order valence-electron chi connectivity index (χ1n) is 6.23. The van der Waals surface area contributed by atoms with Crippen LogP contribution in [0.3, 0.4) is 0 Å². The zero-order valence-corrected chi connectivity index (χ0v) is 11.3. The summed E-state index contributed by atoms with van der Waals surface area (Å²) in [6.45, 7) is 3.41. The molecular formula is C12H18N4OS.